The molecule has 0 aliphatic carbocycles. The number of halogens is 1. The number of hydrogen-bond acceptors (Lipinski definition) is 3. The molecule has 0 aliphatic rings. The first kappa shape index (κ1) is 15.3. The molecule has 0 fully saturated rings. The molecule has 1 aromatic carbocycles. The molecule has 1 aromatic rings. The Morgan fingerprint density at radius 3 is 2.56 bits per heavy atom. The lowest BCUT2D eigenvalue weighted by Gasteiger charge is -2.20. The minimum Gasteiger partial charge on any atom is -0.493 e. The van der Waals surface area contributed by atoms with Crippen LogP contribution < -0.4 is 9.88 Å². The molecule has 4 nitrogen and oxygen atoms in total. The third-order valence-electron chi connectivity index (χ3n) is 2.65. The van der Waals surface area contributed by atoms with Crippen molar-refractivity contribution in [3.05, 3.63) is 29.3 Å². The number of rotatable bonds is 6. The highest BCUT2D eigenvalue weighted by Gasteiger charge is 2.20. The predicted octanol–water partition coefficient (Wildman–Crippen LogP) is 2.28. The second-order valence-corrected chi connectivity index (χ2v) is 6.70. The Labute approximate surface area is 113 Å². The van der Waals surface area contributed by atoms with Gasteiger partial charge in [-0.25, -0.2) is 13.6 Å². The van der Waals surface area contributed by atoms with E-state index in [1.807, 2.05) is 13.8 Å². The molecule has 18 heavy (non-hydrogen) atoms. The van der Waals surface area contributed by atoms with Gasteiger partial charge in [-0.3, -0.25) is 0 Å². The smallest absolute Gasteiger partial charge is 0.209 e. The summed E-state index contributed by atoms with van der Waals surface area (Å²) in [6.45, 7) is 4.18. The third kappa shape index (κ3) is 5.71. The maximum atomic E-state index is 11.1. The van der Waals surface area contributed by atoms with Gasteiger partial charge in [0.2, 0.25) is 10.0 Å². The fourth-order valence-electron chi connectivity index (χ4n) is 1.49. The summed E-state index contributed by atoms with van der Waals surface area (Å²) in [5.41, 5.74) is 0. The van der Waals surface area contributed by atoms with E-state index in [0.29, 0.717) is 17.4 Å². The minimum atomic E-state index is -3.49. The van der Waals surface area contributed by atoms with E-state index in [1.165, 1.54) is 0 Å². The summed E-state index contributed by atoms with van der Waals surface area (Å²) < 4.78 is 27.8. The van der Waals surface area contributed by atoms with Crippen molar-refractivity contribution >= 4 is 21.6 Å². The molecule has 0 heterocycles. The van der Waals surface area contributed by atoms with E-state index < -0.39 is 10.0 Å². The van der Waals surface area contributed by atoms with Crippen molar-refractivity contribution in [3.8, 4) is 5.75 Å². The Balaban J connectivity index is 2.63. The molecule has 0 spiro atoms. The SMILES string of the molecule is CC(C)C(COc1cccc(Cl)c1)CS(N)(=O)=O. The van der Waals surface area contributed by atoms with Gasteiger partial charge in [-0.2, -0.15) is 0 Å². The molecular formula is C12H18ClNO3S. The third-order valence-corrected chi connectivity index (χ3v) is 3.78. The van der Waals surface area contributed by atoms with Crippen molar-refractivity contribution < 1.29 is 13.2 Å². The summed E-state index contributed by atoms with van der Waals surface area (Å²) in [4.78, 5) is 0. The number of nitrogens with two attached hydrogens (primary N) is 1. The number of sulfonamides is 1. The molecule has 102 valence electrons. The molecule has 0 aliphatic heterocycles. The normalized spacial score (nSPS) is 13.6. The van der Waals surface area contributed by atoms with Gasteiger partial charge >= 0.3 is 0 Å². The molecule has 1 unspecified atom stereocenters. The number of benzene rings is 1. The molecule has 0 saturated heterocycles. The summed E-state index contributed by atoms with van der Waals surface area (Å²) in [7, 11) is -3.49. The molecule has 0 aromatic heterocycles. The molecule has 0 amide bonds. The van der Waals surface area contributed by atoms with Crippen molar-refractivity contribution in [3.63, 3.8) is 0 Å². The van der Waals surface area contributed by atoms with E-state index in [9.17, 15) is 8.42 Å². The first-order valence-electron chi connectivity index (χ1n) is 5.67. The van der Waals surface area contributed by atoms with Crippen LogP contribution in [0.1, 0.15) is 13.8 Å². The van der Waals surface area contributed by atoms with E-state index in [4.69, 9.17) is 21.5 Å². The molecule has 2 N–H and O–H groups in total. The van der Waals surface area contributed by atoms with Gasteiger partial charge in [0, 0.05) is 10.9 Å². The summed E-state index contributed by atoms with van der Waals surface area (Å²) in [6, 6.07) is 7.00. The highest BCUT2D eigenvalue weighted by atomic mass is 35.5. The number of ether oxygens (including phenoxy) is 1. The van der Waals surface area contributed by atoms with Crippen LogP contribution in [0.5, 0.6) is 5.75 Å². The lowest BCUT2D eigenvalue weighted by Crippen LogP contribution is -2.30. The minimum absolute atomic E-state index is 0.0781. The van der Waals surface area contributed by atoms with Crippen LogP contribution in [0, 0.1) is 11.8 Å². The zero-order valence-corrected chi connectivity index (χ0v) is 12.0. The molecular weight excluding hydrogens is 274 g/mol. The second-order valence-electron chi connectivity index (χ2n) is 4.60. The Morgan fingerprint density at radius 2 is 2.06 bits per heavy atom. The summed E-state index contributed by atoms with van der Waals surface area (Å²) in [6.07, 6.45) is 0. The van der Waals surface area contributed by atoms with Crippen molar-refractivity contribution in [1.29, 1.82) is 0 Å². The van der Waals surface area contributed by atoms with E-state index >= 15 is 0 Å². The van der Waals surface area contributed by atoms with Crippen molar-refractivity contribution in [2.75, 3.05) is 12.4 Å². The quantitative estimate of drug-likeness (QED) is 0.874. The van der Waals surface area contributed by atoms with Gasteiger partial charge in [-0.05, 0) is 24.1 Å². The van der Waals surface area contributed by atoms with Gasteiger partial charge in [0.15, 0.2) is 0 Å². The maximum absolute atomic E-state index is 11.1. The van der Waals surface area contributed by atoms with E-state index in [-0.39, 0.29) is 17.6 Å². The fraction of sp³-hybridized carbons (Fsp3) is 0.500. The van der Waals surface area contributed by atoms with E-state index in [2.05, 4.69) is 0 Å². The Hall–Kier alpha value is -0.780. The van der Waals surface area contributed by atoms with Gasteiger partial charge in [-0.1, -0.05) is 31.5 Å². The standard InChI is InChI=1S/C12H18ClNO3S/c1-9(2)10(8-18(14,15)16)7-17-12-5-3-4-11(13)6-12/h3-6,9-10H,7-8H2,1-2H3,(H2,14,15,16). The highest BCUT2D eigenvalue weighted by Crippen LogP contribution is 2.20. The molecule has 0 radical (unpaired) electrons. The van der Waals surface area contributed by atoms with E-state index in [1.54, 1.807) is 24.3 Å². The number of hydrogen-bond donors (Lipinski definition) is 1. The topological polar surface area (TPSA) is 69.4 Å². The highest BCUT2D eigenvalue weighted by molar-refractivity contribution is 7.89. The zero-order valence-electron chi connectivity index (χ0n) is 10.5. The van der Waals surface area contributed by atoms with Crippen LogP contribution in [0.4, 0.5) is 0 Å². The van der Waals surface area contributed by atoms with Crippen LogP contribution in [-0.4, -0.2) is 20.8 Å². The molecule has 0 saturated carbocycles. The van der Waals surface area contributed by atoms with Crippen LogP contribution in [0.3, 0.4) is 0 Å². The van der Waals surface area contributed by atoms with Gasteiger partial charge in [0.25, 0.3) is 0 Å². The van der Waals surface area contributed by atoms with E-state index in [0.717, 1.165) is 0 Å². The fourth-order valence-corrected chi connectivity index (χ4v) is 2.75. The average Bonchev–Trinajstić information content (AvgIpc) is 2.22. The largest absolute Gasteiger partial charge is 0.493 e. The first-order chi connectivity index (χ1) is 8.28. The van der Waals surface area contributed by atoms with Crippen molar-refractivity contribution in [1.82, 2.24) is 0 Å². The van der Waals surface area contributed by atoms with Crippen molar-refractivity contribution in [2.24, 2.45) is 17.0 Å². The van der Waals surface area contributed by atoms with Crippen molar-refractivity contribution in [2.45, 2.75) is 13.8 Å². The zero-order chi connectivity index (χ0) is 13.8. The molecule has 1 atom stereocenters. The second kappa shape index (κ2) is 6.41. The Kier molecular flexibility index (Phi) is 5.44. The maximum Gasteiger partial charge on any atom is 0.209 e. The monoisotopic (exact) mass is 291 g/mol. The molecule has 6 heteroatoms. The summed E-state index contributed by atoms with van der Waals surface area (Å²) in [5, 5.41) is 5.65. The predicted molar refractivity (Wildman–Crippen MR) is 73.2 cm³/mol. The Morgan fingerprint density at radius 1 is 1.39 bits per heavy atom. The van der Waals surface area contributed by atoms with Gasteiger partial charge in [-0.15, -0.1) is 0 Å². The van der Waals surface area contributed by atoms with Crippen LogP contribution in [0.25, 0.3) is 0 Å². The first-order valence-corrected chi connectivity index (χ1v) is 7.76. The summed E-state index contributed by atoms with van der Waals surface area (Å²) >= 11 is 5.83. The lowest BCUT2D eigenvalue weighted by atomic mass is 9.99. The van der Waals surface area contributed by atoms with Crippen LogP contribution >= 0.6 is 11.6 Å². The average molecular weight is 292 g/mol. The lowest BCUT2D eigenvalue weighted by molar-refractivity contribution is 0.225. The number of primary sulfonamides is 1. The van der Waals surface area contributed by atoms with Gasteiger partial charge in [0.05, 0.1) is 12.4 Å². The van der Waals surface area contributed by atoms with Gasteiger partial charge < -0.3 is 4.74 Å². The molecule has 1 rings (SSSR count). The van der Waals surface area contributed by atoms with Crippen LogP contribution in [0.15, 0.2) is 24.3 Å². The van der Waals surface area contributed by atoms with Gasteiger partial charge in [0.1, 0.15) is 5.75 Å². The summed E-state index contributed by atoms with van der Waals surface area (Å²) in [5.74, 6) is 0.578. The molecule has 0 bridgehead atoms. The van der Waals surface area contributed by atoms with Crippen LogP contribution in [-0.2, 0) is 10.0 Å². The van der Waals surface area contributed by atoms with Crippen LogP contribution in [0.2, 0.25) is 5.02 Å². The Bertz CT molecular complexity index is 488.